The Hall–Kier alpha value is -3.67. The summed E-state index contributed by atoms with van der Waals surface area (Å²) in [7, 11) is 1.75. The van der Waals surface area contributed by atoms with Gasteiger partial charge in [0.1, 0.15) is 11.6 Å². The van der Waals surface area contributed by atoms with Crippen LogP contribution in [-0.4, -0.2) is 34.7 Å². The molecule has 5 nitrogen and oxygen atoms in total. The van der Waals surface area contributed by atoms with Crippen LogP contribution in [0.5, 0.6) is 5.75 Å². The normalized spacial score (nSPS) is 10.9. The Morgan fingerprint density at radius 2 is 1.93 bits per heavy atom. The number of para-hydroxylation sites is 1. The molecule has 152 valence electrons. The first-order chi connectivity index (χ1) is 14.6. The monoisotopic (exact) mass is 403 g/mol. The maximum absolute atomic E-state index is 14.3. The van der Waals surface area contributed by atoms with Gasteiger partial charge >= 0.3 is 0 Å². The molecule has 1 N–H and O–H groups in total. The lowest BCUT2D eigenvalue weighted by Crippen LogP contribution is -2.26. The number of hydrogen-bond acceptors (Lipinski definition) is 3. The fourth-order valence-electron chi connectivity index (χ4n) is 3.54. The van der Waals surface area contributed by atoms with Crippen molar-refractivity contribution in [1.29, 1.82) is 0 Å². The number of fused-ring (bicyclic) bond motifs is 1. The maximum Gasteiger partial charge on any atom is 0.254 e. The highest BCUT2D eigenvalue weighted by molar-refractivity contribution is 5.95. The summed E-state index contributed by atoms with van der Waals surface area (Å²) in [5.74, 6) is 0.00683. The van der Waals surface area contributed by atoms with Gasteiger partial charge in [-0.1, -0.05) is 36.4 Å². The van der Waals surface area contributed by atoms with E-state index in [2.05, 4.69) is 10.2 Å². The van der Waals surface area contributed by atoms with Crippen LogP contribution in [0.25, 0.3) is 22.0 Å². The number of nitrogens with one attached hydrogen (secondary N) is 1. The predicted octanol–water partition coefficient (Wildman–Crippen LogP) is 5.04. The summed E-state index contributed by atoms with van der Waals surface area (Å²) in [5.41, 5.74) is 3.45. The zero-order chi connectivity index (χ0) is 21.1. The first-order valence-corrected chi connectivity index (χ1v) is 9.76. The number of carbonyl (C=O) groups excluding carboxylic acids is 1. The molecule has 1 heterocycles. The van der Waals surface area contributed by atoms with E-state index in [1.807, 2.05) is 25.1 Å². The number of carbonyl (C=O) groups is 1. The van der Waals surface area contributed by atoms with E-state index in [1.54, 1.807) is 54.5 Å². The zero-order valence-corrected chi connectivity index (χ0v) is 16.9. The molecule has 0 atom stereocenters. The number of benzene rings is 3. The lowest BCUT2D eigenvalue weighted by Gasteiger charge is -2.19. The Labute approximate surface area is 174 Å². The topological polar surface area (TPSA) is 58.2 Å². The van der Waals surface area contributed by atoms with Crippen LogP contribution in [0.1, 0.15) is 22.8 Å². The fraction of sp³-hybridized carbons (Fsp3) is 0.167. The second kappa shape index (κ2) is 8.37. The van der Waals surface area contributed by atoms with Crippen LogP contribution in [0.3, 0.4) is 0 Å². The van der Waals surface area contributed by atoms with Gasteiger partial charge in [-0.05, 0) is 36.8 Å². The van der Waals surface area contributed by atoms with Gasteiger partial charge in [0.15, 0.2) is 0 Å². The SMILES string of the molecule is CCOc1cc(C(=O)N(C)Cc2cccc3cn[nH]c23)ccc1-c1ccccc1F. The van der Waals surface area contributed by atoms with Crippen LogP contribution in [0.4, 0.5) is 4.39 Å². The molecule has 0 fully saturated rings. The molecular weight excluding hydrogens is 381 g/mol. The summed E-state index contributed by atoms with van der Waals surface area (Å²) in [6, 6.07) is 17.5. The first kappa shape index (κ1) is 19.6. The second-order valence-corrected chi connectivity index (χ2v) is 7.04. The van der Waals surface area contributed by atoms with Crippen LogP contribution >= 0.6 is 0 Å². The van der Waals surface area contributed by atoms with Gasteiger partial charge in [-0.2, -0.15) is 5.10 Å². The van der Waals surface area contributed by atoms with Gasteiger partial charge < -0.3 is 9.64 Å². The van der Waals surface area contributed by atoms with Gasteiger partial charge in [0.05, 0.1) is 18.3 Å². The van der Waals surface area contributed by atoms with Crippen molar-refractivity contribution in [1.82, 2.24) is 15.1 Å². The Morgan fingerprint density at radius 1 is 1.10 bits per heavy atom. The van der Waals surface area contributed by atoms with Crippen LogP contribution in [0.15, 0.2) is 66.9 Å². The van der Waals surface area contributed by atoms with Gasteiger partial charge in [0.25, 0.3) is 5.91 Å². The fourth-order valence-corrected chi connectivity index (χ4v) is 3.54. The molecule has 4 rings (SSSR count). The van der Waals surface area contributed by atoms with Crippen molar-refractivity contribution in [2.24, 2.45) is 0 Å². The minimum absolute atomic E-state index is 0.146. The molecule has 0 spiro atoms. The van der Waals surface area contributed by atoms with Crippen LogP contribution < -0.4 is 4.74 Å². The van der Waals surface area contributed by atoms with Gasteiger partial charge in [-0.25, -0.2) is 4.39 Å². The molecule has 0 saturated carbocycles. The highest BCUT2D eigenvalue weighted by atomic mass is 19.1. The van der Waals surface area contributed by atoms with E-state index in [9.17, 15) is 9.18 Å². The number of hydrogen-bond donors (Lipinski definition) is 1. The van der Waals surface area contributed by atoms with Gasteiger partial charge in [0.2, 0.25) is 0 Å². The van der Waals surface area contributed by atoms with E-state index in [0.717, 1.165) is 16.5 Å². The van der Waals surface area contributed by atoms with E-state index in [4.69, 9.17) is 4.74 Å². The lowest BCUT2D eigenvalue weighted by molar-refractivity contribution is 0.0785. The number of rotatable bonds is 6. The quantitative estimate of drug-likeness (QED) is 0.491. The Morgan fingerprint density at radius 3 is 2.73 bits per heavy atom. The van der Waals surface area contributed by atoms with Crippen LogP contribution in [0.2, 0.25) is 0 Å². The van der Waals surface area contributed by atoms with E-state index >= 15 is 0 Å². The van der Waals surface area contributed by atoms with Crippen LogP contribution in [0, 0.1) is 5.82 Å². The van der Waals surface area contributed by atoms with E-state index < -0.39 is 0 Å². The molecule has 0 unspecified atom stereocenters. The molecule has 0 aliphatic carbocycles. The molecule has 0 radical (unpaired) electrons. The number of aromatic amines is 1. The Kier molecular flexibility index (Phi) is 5.48. The van der Waals surface area contributed by atoms with Gasteiger partial charge in [0, 0.05) is 35.7 Å². The highest BCUT2D eigenvalue weighted by Crippen LogP contribution is 2.33. The molecule has 0 aliphatic heterocycles. The molecular formula is C24H22FN3O2. The van der Waals surface area contributed by atoms with Crippen molar-refractivity contribution in [2.75, 3.05) is 13.7 Å². The van der Waals surface area contributed by atoms with Crippen molar-refractivity contribution in [3.05, 3.63) is 83.8 Å². The molecule has 0 aliphatic rings. The molecule has 0 bridgehead atoms. The zero-order valence-electron chi connectivity index (χ0n) is 16.9. The first-order valence-electron chi connectivity index (χ1n) is 9.76. The molecule has 1 amide bonds. The van der Waals surface area contributed by atoms with E-state index in [0.29, 0.717) is 35.6 Å². The van der Waals surface area contributed by atoms with E-state index in [-0.39, 0.29) is 11.7 Å². The average molecular weight is 403 g/mol. The summed E-state index contributed by atoms with van der Waals surface area (Å²) in [6.07, 6.45) is 1.76. The molecule has 30 heavy (non-hydrogen) atoms. The third kappa shape index (κ3) is 3.76. The van der Waals surface area contributed by atoms with Crippen molar-refractivity contribution >= 4 is 16.8 Å². The maximum atomic E-state index is 14.3. The molecule has 0 saturated heterocycles. The Balaban J connectivity index is 1.63. The van der Waals surface area contributed by atoms with Crippen molar-refractivity contribution in [3.8, 4) is 16.9 Å². The summed E-state index contributed by atoms with van der Waals surface area (Å²) in [4.78, 5) is 14.7. The van der Waals surface area contributed by atoms with Crippen molar-refractivity contribution in [2.45, 2.75) is 13.5 Å². The third-order valence-electron chi connectivity index (χ3n) is 5.01. The smallest absolute Gasteiger partial charge is 0.254 e. The number of H-pyrrole nitrogens is 1. The minimum Gasteiger partial charge on any atom is -0.493 e. The molecule has 3 aromatic carbocycles. The van der Waals surface area contributed by atoms with Crippen molar-refractivity contribution in [3.63, 3.8) is 0 Å². The van der Waals surface area contributed by atoms with E-state index in [1.165, 1.54) is 6.07 Å². The van der Waals surface area contributed by atoms with Gasteiger partial charge in [-0.3, -0.25) is 9.89 Å². The predicted molar refractivity (Wildman–Crippen MR) is 115 cm³/mol. The highest BCUT2D eigenvalue weighted by Gasteiger charge is 2.18. The Bertz CT molecular complexity index is 1200. The summed E-state index contributed by atoms with van der Waals surface area (Å²) < 4.78 is 20.0. The standard InChI is InChI=1S/C24H22FN3O2/c1-3-30-22-13-16(11-12-20(22)19-9-4-5-10-21(19)25)24(29)28(2)15-18-8-6-7-17-14-26-27-23(17)18/h4-14H,3,15H2,1-2H3,(H,26,27). The average Bonchev–Trinajstić information content (AvgIpc) is 3.24. The lowest BCUT2D eigenvalue weighted by atomic mass is 10.0. The number of aromatic nitrogens is 2. The summed E-state index contributed by atoms with van der Waals surface area (Å²) >= 11 is 0. The second-order valence-electron chi connectivity index (χ2n) is 7.04. The van der Waals surface area contributed by atoms with Crippen molar-refractivity contribution < 1.29 is 13.9 Å². The third-order valence-corrected chi connectivity index (χ3v) is 5.01. The van der Waals surface area contributed by atoms with Crippen LogP contribution in [-0.2, 0) is 6.54 Å². The summed E-state index contributed by atoms with van der Waals surface area (Å²) in [5, 5.41) is 8.06. The largest absolute Gasteiger partial charge is 0.493 e. The van der Waals surface area contributed by atoms with Gasteiger partial charge in [-0.15, -0.1) is 0 Å². The number of halogens is 1. The summed E-state index contributed by atoms with van der Waals surface area (Å²) in [6.45, 7) is 2.70. The molecule has 4 aromatic rings. The molecule has 1 aromatic heterocycles. The molecule has 6 heteroatoms. The number of nitrogens with zero attached hydrogens (tertiary/aromatic N) is 2. The number of ether oxygens (including phenoxy) is 1. The number of amides is 1. The minimum atomic E-state index is -0.331.